The maximum atomic E-state index is 12.1. The minimum absolute atomic E-state index is 0.349. The number of carbonyl (C=O) groups excluding carboxylic acids is 2. The summed E-state index contributed by atoms with van der Waals surface area (Å²) in [4.78, 5) is 24.1. The van der Waals surface area contributed by atoms with E-state index in [0.29, 0.717) is 12.1 Å². The van der Waals surface area contributed by atoms with Gasteiger partial charge in [0, 0.05) is 12.1 Å². The van der Waals surface area contributed by atoms with Gasteiger partial charge in [-0.25, -0.2) is 9.59 Å². The summed E-state index contributed by atoms with van der Waals surface area (Å²) in [5.41, 5.74) is 2.56. The maximum Gasteiger partial charge on any atom is 0.328 e. The van der Waals surface area contributed by atoms with Crippen molar-refractivity contribution in [3.8, 4) is 0 Å². The Morgan fingerprint density at radius 3 is 2.42 bits per heavy atom. The number of nitrogens with one attached hydrogen (secondary N) is 2. The Hall–Kier alpha value is -2.82. The van der Waals surface area contributed by atoms with E-state index in [2.05, 4.69) is 17.2 Å². The molecule has 1 unspecified atom stereocenters. The summed E-state index contributed by atoms with van der Waals surface area (Å²) in [5, 5.41) is 5.29. The van der Waals surface area contributed by atoms with E-state index in [1.165, 1.54) is 13.2 Å². The zero-order valence-corrected chi connectivity index (χ0v) is 14.3. The van der Waals surface area contributed by atoms with Crippen LogP contribution in [0.25, 0.3) is 0 Å². The molecular formula is C19H24N2O3. The highest BCUT2D eigenvalue weighted by atomic mass is 16.5. The van der Waals surface area contributed by atoms with Crippen LogP contribution in [0.4, 0.5) is 4.79 Å². The van der Waals surface area contributed by atoms with Crippen molar-refractivity contribution in [3.63, 3.8) is 0 Å². The topological polar surface area (TPSA) is 67.4 Å². The van der Waals surface area contributed by atoms with E-state index in [9.17, 15) is 9.59 Å². The number of ether oxygens (including phenoxy) is 1. The lowest BCUT2D eigenvalue weighted by Gasteiger charge is -2.17. The second-order valence-electron chi connectivity index (χ2n) is 5.43. The molecule has 2 amide bonds. The largest absolute Gasteiger partial charge is 0.467 e. The highest BCUT2D eigenvalue weighted by Gasteiger charge is 2.21. The molecule has 0 aliphatic heterocycles. The lowest BCUT2D eigenvalue weighted by atomic mass is 10.1. The third kappa shape index (κ3) is 6.96. The van der Waals surface area contributed by atoms with Crippen LogP contribution in [0, 0.1) is 0 Å². The van der Waals surface area contributed by atoms with E-state index in [4.69, 9.17) is 4.74 Å². The molecule has 0 fully saturated rings. The molecule has 1 rings (SSSR count). The smallest absolute Gasteiger partial charge is 0.328 e. The van der Waals surface area contributed by atoms with Crippen LogP contribution in [0.5, 0.6) is 0 Å². The van der Waals surface area contributed by atoms with Gasteiger partial charge in [0.2, 0.25) is 0 Å². The Kier molecular flexibility index (Phi) is 8.05. The fraction of sp³-hybridized carbons (Fsp3) is 0.263. The van der Waals surface area contributed by atoms with E-state index in [1.54, 1.807) is 6.08 Å². The SMILES string of the molecule is C=C/C(=C\C=C(C)C)NC(=O)NC(Cc1ccccc1)C(=O)OC. The van der Waals surface area contributed by atoms with Gasteiger partial charge in [0.15, 0.2) is 0 Å². The first-order valence-electron chi connectivity index (χ1n) is 7.63. The molecule has 5 heteroatoms. The van der Waals surface area contributed by atoms with Crippen LogP contribution in [0.15, 0.2) is 66.4 Å². The third-order valence-electron chi connectivity index (χ3n) is 3.15. The number of benzene rings is 1. The molecule has 0 bridgehead atoms. The normalized spacial score (nSPS) is 11.9. The van der Waals surface area contributed by atoms with Crippen LogP contribution in [0.3, 0.4) is 0 Å². The summed E-state index contributed by atoms with van der Waals surface area (Å²) in [6, 6.07) is 8.16. The maximum absolute atomic E-state index is 12.1. The molecule has 0 saturated carbocycles. The number of rotatable bonds is 7. The molecule has 0 spiro atoms. The number of amides is 2. The molecule has 128 valence electrons. The second kappa shape index (κ2) is 10.0. The molecule has 5 nitrogen and oxygen atoms in total. The van der Waals surface area contributed by atoms with E-state index >= 15 is 0 Å². The molecule has 0 heterocycles. The minimum Gasteiger partial charge on any atom is -0.467 e. The lowest BCUT2D eigenvalue weighted by molar-refractivity contribution is -0.142. The summed E-state index contributed by atoms with van der Waals surface area (Å²) in [5.74, 6) is -0.498. The lowest BCUT2D eigenvalue weighted by Crippen LogP contribution is -2.47. The van der Waals surface area contributed by atoms with Crippen LogP contribution < -0.4 is 10.6 Å². The number of esters is 1. The molecule has 0 aliphatic carbocycles. The third-order valence-corrected chi connectivity index (χ3v) is 3.15. The van der Waals surface area contributed by atoms with Crippen molar-refractivity contribution in [1.82, 2.24) is 10.6 Å². The Bertz CT molecular complexity index is 629. The summed E-state index contributed by atoms with van der Waals surface area (Å²) >= 11 is 0. The first kappa shape index (κ1) is 19.2. The van der Waals surface area contributed by atoms with Crippen molar-refractivity contribution in [2.24, 2.45) is 0 Å². The number of hydrogen-bond acceptors (Lipinski definition) is 3. The van der Waals surface area contributed by atoms with E-state index < -0.39 is 18.0 Å². The van der Waals surface area contributed by atoms with Crippen molar-refractivity contribution >= 4 is 12.0 Å². The molecular weight excluding hydrogens is 304 g/mol. The predicted octanol–water partition coefficient (Wildman–Crippen LogP) is 3.11. The monoisotopic (exact) mass is 328 g/mol. The fourth-order valence-corrected chi connectivity index (χ4v) is 1.93. The van der Waals surface area contributed by atoms with Crippen molar-refractivity contribution in [2.75, 3.05) is 7.11 Å². The first-order valence-corrected chi connectivity index (χ1v) is 7.63. The van der Waals surface area contributed by atoms with E-state index in [-0.39, 0.29) is 0 Å². The van der Waals surface area contributed by atoms with Crippen molar-refractivity contribution in [2.45, 2.75) is 26.3 Å². The van der Waals surface area contributed by atoms with Gasteiger partial charge in [-0.05, 0) is 31.6 Å². The predicted molar refractivity (Wildman–Crippen MR) is 95.3 cm³/mol. The Morgan fingerprint density at radius 1 is 1.21 bits per heavy atom. The molecule has 1 atom stereocenters. The van der Waals surface area contributed by atoms with Gasteiger partial charge in [-0.15, -0.1) is 0 Å². The molecule has 2 N–H and O–H groups in total. The number of hydrogen-bond donors (Lipinski definition) is 2. The average molecular weight is 328 g/mol. The van der Waals surface area contributed by atoms with E-state index in [1.807, 2.05) is 50.3 Å². The van der Waals surface area contributed by atoms with Crippen LogP contribution in [-0.4, -0.2) is 25.2 Å². The zero-order valence-electron chi connectivity index (χ0n) is 14.3. The van der Waals surface area contributed by atoms with Crippen LogP contribution in [0.2, 0.25) is 0 Å². The number of allylic oxidation sites excluding steroid dienone is 4. The number of urea groups is 1. The molecule has 0 aromatic heterocycles. The molecule has 1 aromatic carbocycles. The van der Waals surface area contributed by atoms with Crippen LogP contribution in [0.1, 0.15) is 19.4 Å². The summed E-state index contributed by atoms with van der Waals surface area (Å²) in [6.45, 7) is 7.56. The second-order valence-corrected chi connectivity index (χ2v) is 5.43. The van der Waals surface area contributed by atoms with Crippen LogP contribution in [-0.2, 0) is 16.0 Å². The molecule has 24 heavy (non-hydrogen) atoms. The molecule has 0 radical (unpaired) electrons. The Labute approximate surface area is 143 Å². The quantitative estimate of drug-likeness (QED) is 0.597. The van der Waals surface area contributed by atoms with Gasteiger partial charge >= 0.3 is 12.0 Å². The Balaban J connectivity index is 2.77. The van der Waals surface area contributed by atoms with E-state index in [0.717, 1.165) is 11.1 Å². The van der Waals surface area contributed by atoms with Gasteiger partial charge in [0.25, 0.3) is 0 Å². The first-order chi connectivity index (χ1) is 11.5. The highest BCUT2D eigenvalue weighted by Crippen LogP contribution is 2.05. The van der Waals surface area contributed by atoms with Gasteiger partial charge in [-0.1, -0.05) is 48.6 Å². The summed E-state index contributed by atoms with van der Waals surface area (Å²) in [6.07, 6.45) is 5.48. The molecule has 0 aliphatic rings. The van der Waals surface area contributed by atoms with Gasteiger partial charge in [-0.3, -0.25) is 0 Å². The molecule has 1 aromatic rings. The zero-order chi connectivity index (χ0) is 17.9. The van der Waals surface area contributed by atoms with Gasteiger partial charge in [0.05, 0.1) is 7.11 Å². The standard InChI is InChI=1S/C19H24N2O3/c1-5-16(12-11-14(2)3)20-19(23)21-17(18(22)24-4)13-15-9-7-6-8-10-15/h5-12,17H,1,13H2,2-4H3,(H2,20,21,23)/b16-12+. The summed E-state index contributed by atoms with van der Waals surface area (Å²) < 4.78 is 4.77. The average Bonchev–Trinajstić information content (AvgIpc) is 2.58. The fourth-order valence-electron chi connectivity index (χ4n) is 1.93. The van der Waals surface area contributed by atoms with Crippen molar-refractivity contribution < 1.29 is 14.3 Å². The van der Waals surface area contributed by atoms with Gasteiger partial charge in [-0.2, -0.15) is 0 Å². The number of methoxy groups -OCH3 is 1. The van der Waals surface area contributed by atoms with Crippen LogP contribution >= 0.6 is 0 Å². The van der Waals surface area contributed by atoms with Gasteiger partial charge in [0.1, 0.15) is 6.04 Å². The van der Waals surface area contributed by atoms with Crippen molar-refractivity contribution in [3.05, 3.63) is 72.0 Å². The summed E-state index contributed by atoms with van der Waals surface area (Å²) in [7, 11) is 1.30. The minimum atomic E-state index is -0.771. The molecule has 0 saturated heterocycles. The number of carbonyl (C=O) groups is 2. The van der Waals surface area contributed by atoms with Crippen molar-refractivity contribution in [1.29, 1.82) is 0 Å². The van der Waals surface area contributed by atoms with Gasteiger partial charge < -0.3 is 15.4 Å². The highest BCUT2D eigenvalue weighted by molar-refractivity contribution is 5.84. The Morgan fingerprint density at radius 2 is 1.88 bits per heavy atom.